The van der Waals surface area contributed by atoms with Gasteiger partial charge in [0.05, 0.1) is 5.56 Å². The maximum absolute atomic E-state index is 14.1. The molecular formula is C23H16F4. The fourth-order valence-electron chi connectivity index (χ4n) is 2.73. The van der Waals surface area contributed by atoms with Crippen molar-refractivity contribution in [2.75, 3.05) is 0 Å². The molecule has 0 aliphatic rings. The molecule has 0 atom stereocenters. The molecule has 3 aromatic carbocycles. The first-order valence-electron chi connectivity index (χ1n) is 8.53. The van der Waals surface area contributed by atoms with Gasteiger partial charge in [0.1, 0.15) is 11.6 Å². The Morgan fingerprint density at radius 1 is 0.667 bits per heavy atom. The zero-order valence-electron chi connectivity index (χ0n) is 14.6. The lowest BCUT2D eigenvalue weighted by Crippen LogP contribution is -1.94. The summed E-state index contributed by atoms with van der Waals surface area (Å²) in [6.07, 6.45) is 1.40. The third kappa shape index (κ3) is 4.38. The SMILES string of the molecule is CCCc1cc(F)c(C#Cc2ccc(-c3ccc(F)c(F)c3)cc2)c(F)c1. The predicted octanol–water partition coefficient (Wildman–Crippen LogP) is 6.26. The second-order valence-electron chi connectivity index (χ2n) is 6.14. The molecule has 0 saturated heterocycles. The van der Waals surface area contributed by atoms with Gasteiger partial charge in [-0.3, -0.25) is 0 Å². The zero-order chi connectivity index (χ0) is 19.4. The Bertz CT molecular complexity index is 1000. The monoisotopic (exact) mass is 368 g/mol. The van der Waals surface area contributed by atoms with E-state index in [2.05, 4.69) is 11.8 Å². The number of aryl methyl sites for hydroxylation is 1. The van der Waals surface area contributed by atoms with Gasteiger partial charge in [-0.15, -0.1) is 0 Å². The number of hydrogen-bond donors (Lipinski definition) is 0. The summed E-state index contributed by atoms with van der Waals surface area (Å²) < 4.78 is 54.5. The van der Waals surface area contributed by atoms with Gasteiger partial charge in [-0.25, -0.2) is 17.6 Å². The minimum Gasteiger partial charge on any atom is -0.206 e. The summed E-state index contributed by atoms with van der Waals surface area (Å²) in [7, 11) is 0. The summed E-state index contributed by atoms with van der Waals surface area (Å²) >= 11 is 0. The minimum absolute atomic E-state index is 0.264. The third-order valence-corrected chi connectivity index (χ3v) is 4.11. The molecule has 0 nitrogen and oxygen atoms in total. The summed E-state index contributed by atoms with van der Waals surface area (Å²) in [4.78, 5) is 0. The molecule has 3 rings (SSSR count). The van der Waals surface area contributed by atoms with Crippen molar-refractivity contribution in [3.63, 3.8) is 0 Å². The van der Waals surface area contributed by atoms with Crippen LogP contribution in [0.3, 0.4) is 0 Å². The van der Waals surface area contributed by atoms with E-state index >= 15 is 0 Å². The van der Waals surface area contributed by atoms with Crippen LogP contribution in [0.1, 0.15) is 30.0 Å². The van der Waals surface area contributed by atoms with Gasteiger partial charge in [-0.05, 0) is 59.5 Å². The van der Waals surface area contributed by atoms with E-state index in [1.54, 1.807) is 24.3 Å². The number of halogens is 4. The van der Waals surface area contributed by atoms with Crippen LogP contribution in [-0.2, 0) is 6.42 Å². The van der Waals surface area contributed by atoms with Gasteiger partial charge in [-0.2, -0.15) is 0 Å². The summed E-state index contributed by atoms with van der Waals surface area (Å²) in [5.41, 5.74) is 2.10. The Kier molecular flexibility index (Phi) is 5.61. The molecule has 0 unspecified atom stereocenters. The van der Waals surface area contributed by atoms with E-state index in [0.29, 0.717) is 28.7 Å². The molecule has 3 aromatic rings. The van der Waals surface area contributed by atoms with Gasteiger partial charge in [-0.1, -0.05) is 43.4 Å². The third-order valence-electron chi connectivity index (χ3n) is 4.11. The lowest BCUT2D eigenvalue weighted by Gasteiger charge is -2.03. The first-order valence-corrected chi connectivity index (χ1v) is 8.53. The Morgan fingerprint density at radius 3 is 1.89 bits per heavy atom. The van der Waals surface area contributed by atoms with Crippen molar-refractivity contribution in [3.05, 3.63) is 94.6 Å². The molecule has 0 aliphatic carbocycles. The van der Waals surface area contributed by atoms with Crippen molar-refractivity contribution in [1.29, 1.82) is 0 Å². The molecule has 0 spiro atoms. The lowest BCUT2D eigenvalue weighted by atomic mass is 10.0. The van der Waals surface area contributed by atoms with Crippen LogP contribution in [0.5, 0.6) is 0 Å². The topological polar surface area (TPSA) is 0 Å². The Hall–Kier alpha value is -3.06. The first kappa shape index (κ1) is 18.7. The quantitative estimate of drug-likeness (QED) is 0.378. The number of benzene rings is 3. The van der Waals surface area contributed by atoms with Crippen molar-refractivity contribution in [3.8, 4) is 23.0 Å². The lowest BCUT2D eigenvalue weighted by molar-refractivity contribution is 0.509. The van der Waals surface area contributed by atoms with E-state index in [4.69, 9.17) is 0 Å². The highest BCUT2D eigenvalue weighted by atomic mass is 19.2. The van der Waals surface area contributed by atoms with Crippen LogP contribution >= 0.6 is 0 Å². The van der Waals surface area contributed by atoms with E-state index in [1.807, 2.05) is 6.92 Å². The predicted molar refractivity (Wildman–Crippen MR) is 98.1 cm³/mol. The average Bonchev–Trinajstić information content (AvgIpc) is 2.64. The summed E-state index contributed by atoms with van der Waals surface area (Å²) in [6, 6.07) is 13.0. The zero-order valence-corrected chi connectivity index (χ0v) is 14.6. The van der Waals surface area contributed by atoms with Gasteiger partial charge in [0, 0.05) is 5.56 Å². The van der Waals surface area contributed by atoms with Crippen LogP contribution < -0.4 is 0 Å². The first-order chi connectivity index (χ1) is 13.0. The van der Waals surface area contributed by atoms with Crippen LogP contribution in [0.25, 0.3) is 11.1 Å². The van der Waals surface area contributed by atoms with Crippen molar-refractivity contribution in [2.24, 2.45) is 0 Å². The molecule has 0 heterocycles. The van der Waals surface area contributed by atoms with Gasteiger partial charge in [0.2, 0.25) is 0 Å². The van der Waals surface area contributed by atoms with Crippen LogP contribution in [-0.4, -0.2) is 0 Å². The van der Waals surface area contributed by atoms with Gasteiger partial charge in [0.25, 0.3) is 0 Å². The van der Waals surface area contributed by atoms with Crippen LogP contribution in [0, 0.1) is 35.1 Å². The summed E-state index contributed by atoms with van der Waals surface area (Å²) in [5.74, 6) is 2.08. The molecule has 27 heavy (non-hydrogen) atoms. The fourth-order valence-corrected chi connectivity index (χ4v) is 2.73. The largest absolute Gasteiger partial charge is 0.206 e. The maximum atomic E-state index is 14.1. The molecule has 0 aromatic heterocycles. The number of hydrogen-bond acceptors (Lipinski definition) is 0. The maximum Gasteiger partial charge on any atom is 0.159 e. The standard InChI is InChI=1S/C23H16F4/c1-2-3-16-12-21(25)19(22(26)13-16)10-6-15-4-7-17(8-5-15)18-9-11-20(24)23(27)14-18/h4-5,7-9,11-14H,2-3H2,1H3. The van der Waals surface area contributed by atoms with Gasteiger partial charge in [0.15, 0.2) is 11.6 Å². The highest BCUT2D eigenvalue weighted by Gasteiger charge is 2.09. The fraction of sp³-hybridized carbons (Fsp3) is 0.130. The van der Waals surface area contributed by atoms with E-state index in [0.717, 1.165) is 18.6 Å². The molecule has 136 valence electrons. The summed E-state index contributed by atoms with van der Waals surface area (Å²) in [5, 5.41) is 0. The Morgan fingerprint density at radius 2 is 1.30 bits per heavy atom. The van der Waals surface area contributed by atoms with Gasteiger partial charge >= 0.3 is 0 Å². The van der Waals surface area contributed by atoms with E-state index in [9.17, 15) is 17.6 Å². The molecule has 0 bridgehead atoms. The second kappa shape index (κ2) is 8.09. The highest BCUT2D eigenvalue weighted by Crippen LogP contribution is 2.22. The Labute approximate surface area is 155 Å². The van der Waals surface area contributed by atoms with Crippen LogP contribution in [0.15, 0.2) is 54.6 Å². The smallest absolute Gasteiger partial charge is 0.159 e. The molecule has 0 amide bonds. The average molecular weight is 368 g/mol. The normalized spacial score (nSPS) is 10.4. The number of rotatable bonds is 3. The van der Waals surface area contributed by atoms with Crippen molar-refractivity contribution in [1.82, 2.24) is 0 Å². The van der Waals surface area contributed by atoms with Gasteiger partial charge < -0.3 is 0 Å². The molecule has 0 fully saturated rings. The molecular weight excluding hydrogens is 352 g/mol. The van der Waals surface area contributed by atoms with E-state index in [-0.39, 0.29) is 5.56 Å². The van der Waals surface area contributed by atoms with Crippen molar-refractivity contribution >= 4 is 0 Å². The molecule has 0 saturated carbocycles. The van der Waals surface area contributed by atoms with Crippen LogP contribution in [0.2, 0.25) is 0 Å². The molecule has 4 heteroatoms. The van der Waals surface area contributed by atoms with E-state index in [1.165, 1.54) is 18.2 Å². The van der Waals surface area contributed by atoms with E-state index < -0.39 is 23.3 Å². The highest BCUT2D eigenvalue weighted by molar-refractivity contribution is 5.64. The van der Waals surface area contributed by atoms with Crippen LogP contribution in [0.4, 0.5) is 17.6 Å². The second-order valence-corrected chi connectivity index (χ2v) is 6.14. The molecule has 0 aliphatic heterocycles. The Balaban J connectivity index is 1.85. The summed E-state index contributed by atoms with van der Waals surface area (Å²) in [6.45, 7) is 1.94. The molecule has 0 radical (unpaired) electrons. The molecule has 0 N–H and O–H groups in total. The van der Waals surface area contributed by atoms with Crippen molar-refractivity contribution < 1.29 is 17.6 Å². The minimum atomic E-state index is -0.922. The van der Waals surface area contributed by atoms with Crippen molar-refractivity contribution in [2.45, 2.75) is 19.8 Å².